The maximum atomic E-state index is 12.8. The number of sulfonamides is 1. The molecular formula is C29H32F3N3O3S. The lowest BCUT2D eigenvalue weighted by molar-refractivity contribution is -0.137. The average Bonchev–Trinajstić information content (AvgIpc) is 3.22. The molecule has 4 atom stereocenters. The Morgan fingerprint density at radius 3 is 2.36 bits per heavy atom. The highest BCUT2D eigenvalue weighted by atomic mass is 32.2. The molecule has 3 aromatic carbocycles. The Kier molecular flexibility index (Phi) is 8.78. The van der Waals surface area contributed by atoms with Gasteiger partial charge in [0.25, 0.3) is 0 Å². The third-order valence-corrected chi connectivity index (χ3v) is 8.44. The maximum absolute atomic E-state index is 12.8. The number of hydrogen-bond acceptors (Lipinski definition) is 4. The molecule has 0 radical (unpaired) electrons. The number of aliphatic hydroxyl groups is 1. The quantitative estimate of drug-likeness (QED) is 0.243. The number of nitrogens with zero attached hydrogens (tertiary/aromatic N) is 1. The second kappa shape index (κ2) is 11.9. The zero-order valence-corrected chi connectivity index (χ0v) is 22.3. The fourth-order valence-corrected chi connectivity index (χ4v) is 6.07. The number of nitrogens with one attached hydrogen (secondary N) is 1. The van der Waals surface area contributed by atoms with Crippen LogP contribution in [0, 0.1) is 11.8 Å². The number of aliphatic imine (C=N–C) groups is 1. The molecule has 10 heteroatoms. The van der Waals surface area contributed by atoms with E-state index in [1.54, 1.807) is 0 Å². The molecule has 1 aliphatic rings. The van der Waals surface area contributed by atoms with Crippen molar-refractivity contribution >= 4 is 15.9 Å². The third kappa shape index (κ3) is 7.26. The van der Waals surface area contributed by atoms with Gasteiger partial charge in [-0.15, -0.1) is 0 Å². The van der Waals surface area contributed by atoms with E-state index in [2.05, 4.69) is 4.72 Å². The van der Waals surface area contributed by atoms with Crippen LogP contribution < -0.4 is 10.5 Å². The Morgan fingerprint density at radius 2 is 1.69 bits per heavy atom. The first kappa shape index (κ1) is 28.8. The van der Waals surface area contributed by atoms with Crippen molar-refractivity contribution < 1.29 is 26.7 Å². The number of fused-ring (bicyclic) bond motifs is 1. The lowest BCUT2D eigenvalue weighted by Gasteiger charge is -2.23. The van der Waals surface area contributed by atoms with Crippen molar-refractivity contribution in [3.8, 4) is 0 Å². The Morgan fingerprint density at radius 1 is 1.05 bits per heavy atom. The van der Waals surface area contributed by atoms with Gasteiger partial charge in [0.1, 0.15) is 6.04 Å². The molecule has 4 N–H and O–H groups in total. The lowest BCUT2D eigenvalue weighted by Crippen LogP contribution is -2.33. The molecule has 0 fully saturated rings. The van der Waals surface area contributed by atoms with Crippen molar-refractivity contribution in [3.63, 3.8) is 0 Å². The lowest BCUT2D eigenvalue weighted by atomic mass is 9.89. The molecule has 0 spiro atoms. The van der Waals surface area contributed by atoms with Gasteiger partial charge in [0, 0.05) is 18.9 Å². The molecule has 1 aliphatic carbocycles. The summed E-state index contributed by atoms with van der Waals surface area (Å²) in [4.78, 5) is 4.51. The predicted octanol–water partition coefficient (Wildman–Crippen LogP) is 4.88. The number of hydrogen-bond donors (Lipinski definition) is 3. The van der Waals surface area contributed by atoms with Crippen LogP contribution in [-0.4, -0.2) is 32.0 Å². The summed E-state index contributed by atoms with van der Waals surface area (Å²) in [5, 5.41) is 10.7. The van der Waals surface area contributed by atoms with Crippen LogP contribution >= 0.6 is 0 Å². The SMILES string of the molecule is CC(CNS(=O)(=O)c1ccc(C(F)(F)F)cc1)C[C@@H](Cc1ccccc1)C(N)=N[C@H]1c2ccccc2C[C@H]1O. The van der Waals surface area contributed by atoms with Crippen LogP contribution in [0.1, 0.15) is 41.6 Å². The average molecular weight is 560 g/mol. The highest BCUT2D eigenvalue weighted by Gasteiger charge is 2.32. The van der Waals surface area contributed by atoms with Gasteiger partial charge in [0.15, 0.2) is 0 Å². The minimum absolute atomic E-state index is 0.0663. The molecule has 3 aromatic rings. The third-order valence-electron chi connectivity index (χ3n) is 7.00. The van der Waals surface area contributed by atoms with E-state index in [0.717, 1.165) is 41.0 Å². The largest absolute Gasteiger partial charge is 0.416 e. The summed E-state index contributed by atoms with van der Waals surface area (Å²) in [5.41, 5.74) is 8.66. The highest BCUT2D eigenvalue weighted by molar-refractivity contribution is 7.89. The van der Waals surface area contributed by atoms with Gasteiger partial charge in [0.05, 0.1) is 22.4 Å². The second-order valence-electron chi connectivity index (χ2n) is 10.1. The van der Waals surface area contributed by atoms with Crippen molar-refractivity contribution in [2.24, 2.45) is 22.6 Å². The Balaban J connectivity index is 1.48. The smallest absolute Gasteiger partial charge is 0.390 e. The topological polar surface area (TPSA) is 105 Å². The summed E-state index contributed by atoms with van der Waals surface area (Å²) in [6, 6.07) is 20.4. The first-order chi connectivity index (χ1) is 18.4. The van der Waals surface area contributed by atoms with Gasteiger partial charge in [-0.05, 0) is 59.7 Å². The molecule has 0 amide bonds. The molecule has 1 unspecified atom stereocenters. The monoisotopic (exact) mass is 559 g/mol. The van der Waals surface area contributed by atoms with Gasteiger partial charge in [-0.1, -0.05) is 61.5 Å². The van der Waals surface area contributed by atoms with E-state index in [9.17, 15) is 26.7 Å². The normalized spacial score (nSPS) is 19.5. The van der Waals surface area contributed by atoms with E-state index in [0.29, 0.717) is 25.1 Å². The van der Waals surface area contributed by atoms with Gasteiger partial charge in [-0.25, -0.2) is 13.1 Å². The van der Waals surface area contributed by atoms with E-state index < -0.39 is 33.9 Å². The van der Waals surface area contributed by atoms with Crippen LogP contribution in [0.2, 0.25) is 0 Å². The molecular weight excluding hydrogens is 527 g/mol. The first-order valence-electron chi connectivity index (χ1n) is 12.7. The zero-order valence-electron chi connectivity index (χ0n) is 21.5. The fraction of sp³-hybridized carbons (Fsp3) is 0.345. The Labute approximate surface area is 226 Å². The van der Waals surface area contributed by atoms with Crippen LogP contribution in [0.5, 0.6) is 0 Å². The van der Waals surface area contributed by atoms with E-state index in [4.69, 9.17) is 10.7 Å². The van der Waals surface area contributed by atoms with Crippen LogP contribution in [0.4, 0.5) is 13.2 Å². The van der Waals surface area contributed by atoms with Crippen LogP contribution in [0.15, 0.2) is 88.8 Å². The van der Waals surface area contributed by atoms with Crippen LogP contribution in [-0.2, 0) is 29.0 Å². The van der Waals surface area contributed by atoms with E-state index in [1.165, 1.54) is 0 Å². The highest BCUT2D eigenvalue weighted by Crippen LogP contribution is 2.35. The molecule has 0 aromatic heterocycles. The minimum atomic E-state index is -4.55. The summed E-state index contributed by atoms with van der Waals surface area (Å²) in [5.74, 6) is -0.00698. The van der Waals surface area contributed by atoms with Gasteiger partial charge in [-0.3, -0.25) is 4.99 Å². The number of amidine groups is 1. The number of alkyl halides is 3. The molecule has 0 saturated heterocycles. The van der Waals surface area contributed by atoms with Gasteiger partial charge in [0.2, 0.25) is 10.0 Å². The van der Waals surface area contributed by atoms with Gasteiger partial charge < -0.3 is 10.8 Å². The summed E-state index contributed by atoms with van der Waals surface area (Å²) < 4.78 is 66.5. The number of aliphatic hydroxyl groups excluding tert-OH is 1. The van der Waals surface area contributed by atoms with Gasteiger partial charge in [-0.2, -0.15) is 13.2 Å². The number of halogens is 3. The summed E-state index contributed by atoms with van der Waals surface area (Å²) in [7, 11) is -4.00. The summed E-state index contributed by atoms with van der Waals surface area (Å²) in [6.07, 6.45) is -3.63. The Bertz CT molecular complexity index is 1390. The van der Waals surface area contributed by atoms with Crippen molar-refractivity contribution in [3.05, 3.63) is 101 Å². The van der Waals surface area contributed by atoms with E-state index >= 15 is 0 Å². The van der Waals surface area contributed by atoms with E-state index in [-0.39, 0.29) is 23.3 Å². The first-order valence-corrected chi connectivity index (χ1v) is 14.2. The molecule has 0 aliphatic heterocycles. The van der Waals surface area contributed by atoms with Crippen LogP contribution in [0.3, 0.4) is 0 Å². The maximum Gasteiger partial charge on any atom is 0.416 e. The van der Waals surface area contributed by atoms with Gasteiger partial charge >= 0.3 is 6.18 Å². The predicted molar refractivity (Wildman–Crippen MR) is 145 cm³/mol. The molecule has 6 nitrogen and oxygen atoms in total. The van der Waals surface area contributed by atoms with Crippen molar-refractivity contribution in [1.82, 2.24) is 4.72 Å². The fourth-order valence-electron chi connectivity index (χ4n) is 4.91. The molecule has 0 heterocycles. The molecule has 0 bridgehead atoms. The van der Waals surface area contributed by atoms with Crippen molar-refractivity contribution in [2.45, 2.75) is 49.4 Å². The number of nitrogens with two attached hydrogens (primary N) is 1. The minimum Gasteiger partial charge on any atom is -0.390 e. The number of benzene rings is 3. The Hall–Kier alpha value is -3.21. The summed E-state index contributed by atoms with van der Waals surface area (Å²) in [6.45, 7) is 1.94. The zero-order chi connectivity index (χ0) is 28.2. The second-order valence-corrected chi connectivity index (χ2v) is 11.8. The molecule has 39 heavy (non-hydrogen) atoms. The summed E-state index contributed by atoms with van der Waals surface area (Å²) >= 11 is 0. The van der Waals surface area contributed by atoms with E-state index in [1.807, 2.05) is 61.5 Å². The number of rotatable bonds is 10. The van der Waals surface area contributed by atoms with Crippen molar-refractivity contribution in [1.29, 1.82) is 0 Å². The molecule has 4 rings (SSSR count). The standard InChI is InChI=1S/C29H32F3N3O3S/c1-19(18-34-39(37,38)24-13-11-23(12-14-24)29(30,31)32)15-22(16-20-7-3-2-4-8-20)28(33)35-27-25-10-6-5-9-21(25)17-26(27)36/h2-14,19,22,26-27,34,36H,15-18H2,1H3,(H2,33,35)/t19?,22-,26+,27-/m0/s1. The van der Waals surface area contributed by atoms with Crippen LogP contribution in [0.25, 0.3) is 0 Å². The molecule has 208 valence electrons. The molecule has 0 saturated carbocycles. The van der Waals surface area contributed by atoms with Crippen molar-refractivity contribution in [2.75, 3.05) is 6.54 Å².